The van der Waals surface area contributed by atoms with E-state index in [1.165, 1.54) is 21.0 Å². The van der Waals surface area contributed by atoms with Crippen LogP contribution < -0.4 is 0 Å². The number of aliphatic hydroxyl groups excluding tert-OH is 2. The minimum absolute atomic E-state index is 0.0340. The molecule has 7 fully saturated rings. The molecule has 4 saturated carbocycles. The number of ether oxygens (including phenoxy) is 9. The Hall–Kier alpha value is -1.75. The number of hydrogen-bond acceptors (Lipinski definition) is 14. The molecule has 7 rings (SSSR count). The van der Waals surface area contributed by atoms with E-state index in [2.05, 4.69) is 6.92 Å². The number of ketones is 1. The minimum Gasteiger partial charge on any atom is -0.458 e. The van der Waals surface area contributed by atoms with E-state index in [1.807, 2.05) is 13.8 Å². The summed E-state index contributed by atoms with van der Waals surface area (Å²) in [4.78, 5) is 38.6. The third-order valence-electron chi connectivity index (χ3n) is 14.9. The van der Waals surface area contributed by atoms with Crippen LogP contribution in [0.5, 0.6) is 0 Å². The van der Waals surface area contributed by atoms with Gasteiger partial charge in [-0.25, -0.2) is 0 Å². The Labute approximate surface area is 312 Å². The fourth-order valence-electron chi connectivity index (χ4n) is 12.5. The van der Waals surface area contributed by atoms with Gasteiger partial charge in [-0.1, -0.05) is 13.8 Å². The molecule has 0 aromatic heterocycles. The Morgan fingerprint density at radius 2 is 1.47 bits per heavy atom. The molecule has 53 heavy (non-hydrogen) atoms. The molecule has 2 spiro atoms. The van der Waals surface area contributed by atoms with Crippen molar-refractivity contribution in [2.45, 2.75) is 185 Å². The highest BCUT2D eigenvalue weighted by Crippen LogP contribution is 2.81. The van der Waals surface area contributed by atoms with Crippen molar-refractivity contribution in [2.75, 3.05) is 14.2 Å². The van der Waals surface area contributed by atoms with Crippen LogP contribution in [0.15, 0.2) is 0 Å². The van der Waals surface area contributed by atoms with Crippen molar-refractivity contribution in [3.8, 4) is 0 Å². The summed E-state index contributed by atoms with van der Waals surface area (Å²) in [7, 11) is 3.03. The largest absolute Gasteiger partial charge is 0.458 e. The van der Waals surface area contributed by atoms with Crippen molar-refractivity contribution < 1.29 is 67.2 Å². The van der Waals surface area contributed by atoms with Crippen molar-refractivity contribution >= 4 is 17.7 Å². The maximum atomic E-state index is 13.1. The van der Waals surface area contributed by atoms with E-state index >= 15 is 0 Å². The topological polar surface area (TPSA) is 178 Å². The van der Waals surface area contributed by atoms with Crippen molar-refractivity contribution in [3.05, 3.63) is 0 Å². The summed E-state index contributed by atoms with van der Waals surface area (Å²) in [6.07, 6.45) is -2.79. The lowest BCUT2D eigenvalue weighted by molar-refractivity contribution is -0.343. The Morgan fingerprint density at radius 1 is 0.755 bits per heavy atom. The molecule has 19 atom stereocenters. The van der Waals surface area contributed by atoms with Crippen LogP contribution in [0.2, 0.25) is 0 Å². The number of hydrogen-bond donors (Lipinski definition) is 2. The van der Waals surface area contributed by atoms with Gasteiger partial charge in [-0.2, -0.15) is 0 Å². The van der Waals surface area contributed by atoms with Gasteiger partial charge in [0.15, 0.2) is 12.6 Å². The monoisotopic (exact) mass is 752 g/mol. The van der Waals surface area contributed by atoms with Crippen molar-refractivity contribution in [3.63, 3.8) is 0 Å². The number of fused-ring (bicyclic) bond motifs is 2. The van der Waals surface area contributed by atoms with Gasteiger partial charge >= 0.3 is 11.9 Å². The summed E-state index contributed by atoms with van der Waals surface area (Å²) < 4.78 is 55.8. The number of methoxy groups -OCH3 is 2. The zero-order valence-corrected chi connectivity index (χ0v) is 32.6. The highest BCUT2D eigenvalue weighted by Gasteiger charge is 2.91. The normalized spacial score (nSPS) is 53.0. The quantitative estimate of drug-likeness (QED) is 0.200. The van der Waals surface area contributed by atoms with Gasteiger partial charge in [0.1, 0.15) is 53.6 Å². The average Bonchev–Trinajstić information content (AvgIpc) is 3.63. The van der Waals surface area contributed by atoms with Crippen LogP contribution >= 0.6 is 0 Å². The molecule has 4 aliphatic carbocycles. The summed E-state index contributed by atoms with van der Waals surface area (Å²) in [5.74, 6) is -1.30. The standard InChI is InChI=1S/C39H60O14/c1-18(40)25-12-15-39-37(25,7)34(50-22(5)42)32(49-21(4)41)33-36(6)13-11-24(16-23(36)10-14-38(33,39)53-39)51-27-17-26(45-8)30(20(3)47-27)52-35-29(44)31(46-9)28(43)19(2)48-35/h19-20,23-35,43-44H,10-17H2,1-9H3/t19-,20-,23+,24+,25?,26-,27+,28-,29-,30-,31-,32+,33-,34-,35+,36+,37+,38?,39?/m1/s1. The molecule has 3 heterocycles. The zero-order chi connectivity index (χ0) is 38.4. The summed E-state index contributed by atoms with van der Waals surface area (Å²) in [5.41, 5.74) is -2.37. The van der Waals surface area contributed by atoms with E-state index in [0.29, 0.717) is 19.3 Å². The molecule has 300 valence electrons. The van der Waals surface area contributed by atoms with Gasteiger partial charge in [-0.3, -0.25) is 14.4 Å². The number of rotatable bonds is 9. The highest BCUT2D eigenvalue weighted by atomic mass is 16.7. The third kappa shape index (κ3) is 5.95. The Bertz CT molecular complexity index is 1430. The predicted octanol–water partition coefficient (Wildman–Crippen LogP) is 2.99. The number of carbonyl (C=O) groups is 3. The maximum Gasteiger partial charge on any atom is 0.303 e. The Morgan fingerprint density at radius 3 is 2.11 bits per heavy atom. The van der Waals surface area contributed by atoms with Crippen molar-refractivity contribution in [1.82, 2.24) is 0 Å². The summed E-state index contributed by atoms with van der Waals surface area (Å²) in [5, 5.41) is 21.3. The van der Waals surface area contributed by atoms with Crippen LogP contribution in [-0.2, 0) is 57.0 Å². The first kappa shape index (κ1) is 39.5. The second-order valence-corrected chi connectivity index (χ2v) is 17.4. The molecule has 7 aliphatic rings. The highest BCUT2D eigenvalue weighted by molar-refractivity contribution is 5.81. The van der Waals surface area contributed by atoms with Gasteiger partial charge in [0.05, 0.1) is 24.4 Å². The van der Waals surface area contributed by atoms with E-state index in [9.17, 15) is 24.6 Å². The molecule has 2 N–H and O–H groups in total. The van der Waals surface area contributed by atoms with E-state index in [1.54, 1.807) is 21.0 Å². The Kier molecular flexibility index (Phi) is 10.4. The molecule has 3 aliphatic heterocycles. The first-order chi connectivity index (χ1) is 25.0. The number of esters is 2. The van der Waals surface area contributed by atoms with Crippen LogP contribution in [0.1, 0.15) is 99.8 Å². The van der Waals surface area contributed by atoms with Gasteiger partial charge in [0.2, 0.25) is 0 Å². The molecule has 14 heteroatoms. The first-order valence-corrected chi connectivity index (χ1v) is 19.6. The van der Waals surface area contributed by atoms with Gasteiger partial charge in [-0.15, -0.1) is 0 Å². The number of carbonyl (C=O) groups excluding carboxylic acids is 3. The Balaban J connectivity index is 1.07. The molecular weight excluding hydrogens is 692 g/mol. The molecular formula is C39H60O14. The molecule has 14 nitrogen and oxygen atoms in total. The molecule has 0 aromatic rings. The number of Topliss-reactive ketones (excluding diaryl/α,β-unsaturated/α-hetero) is 1. The third-order valence-corrected chi connectivity index (χ3v) is 14.9. The second kappa shape index (κ2) is 14.0. The summed E-state index contributed by atoms with van der Waals surface area (Å²) >= 11 is 0. The van der Waals surface area contributed by atoms with E-state index in [4.69, 9.17) is 42.6 Å². The molecule has 0 bridgehead atoms. The fourth-order valence-corrected chi connectivity index (χ4v) is 12.5. The first-order valence-electron chi connectivity index (χ1n) is 19.6. The van der Waals surface area contributed by atoms with E-state index in [0.717, 1.165) is 32.1 Å². The number of epoxide rings is 1. The molecule has 0 aromatic carbocycles. The zero-order valence-electron chi connectivity index (χ0n) is 32.6. The molecule has 0 radical (unpaired) electrons. The summed E-state index contributed by atoms with van der Waals surface area (Å²) in [6.45, 7) is 12.2. The molecule has 0 amide bonds. The molecule has 3 saturated heterocycles. The fraction of sp³-hybridized carbons (Fsp3) is 0.923. The van der Waals surface area contributed by atoms with Gasteiger partial charge in [0.25, 0.3) is 0 Å². The predicted molar refractivity (Wildman–Crippen MR) is 184 cm³/mol. The summed E-state index contributed by atoms with van der Waals surface area (Å²) in [6, 6.07) is 0. The van der Waals surface area contributed by atoms with Crippen LogP contribution in [0, 0.1) is 28.6 Å². The SMILES string of the molecule is CO[C@H]1[C@@H](O)[C@H](O[C@@H]2[C@@H](C)O[C@@H](O[C@H]3CC[C@@]4(C)[C@@H](CCC56OC57CCC(C(C)=O)[C@@]7(C)[C@H](OC(C)=O)[C@@H](OC(C)=O)[C@@H]64)C3)C[C@H]2OC)O[C@H](C)[C@H]1O. The average molecular weight is 753 g/mol. The smallest absolute Gasteiger partial charge is 0.303 e. The van der Waals surface area contributed by atoms with Gasteiger partial charge in [0, 0.05) is 51.7 Å². The van der Waals surface area contributed by atoms with Gasteiger partial charge < -0.3 is 52.8 Å². The lowest BCUT2D eigenvalue weighted by Crippen LogP contribution is -2.70. The van der Waals surface area contributed by atoms with Gasteiger partial charge in [-0.05, 0) is 77.0 Å². The minimum atomic E-state index is -1.21. The van der Waals surface area contributed by atoms with E-state index < -0.39 is 96.1 Å². The number of aliphatic hydroxyl groups is 2. The van der Waals surface area contributed by atoms with Crippen LogP contribution in [0.25, 0.3) is 0 Å². The van der Waals surface area contributed by atoms with E-state index in [-0.39, 0.29) is 35.1 Å². The lowest BCUT2D eigenvalue weighted by Gasteiger charge is -2.61. The van der Waals surface area contributed by atoms with Crippen LogP contribution in [0.4, 0.5) is 0 Å². The van der Waals surface area contributed by atoms with Crippen molar-refractivity contribution in [2.24, 2.45) is 28.6 Å². The van der Waals surface area contributed by atoms with Crippen LogP contribution in [-0.4, -0.2) is 127 Å². The van der Waals surface area contributed by atoms with Crippen molar-refractivity contribution in [1.29, 1.82) is 0 Å². The lowest BCUT2D eigenvalue weighted by atomic mass is 9.43. The van der Waals surface area contributed by atoms with Crippen LogP contribution in [0.3, 0.4) is 0 Å². The molecule has 3 unspecified atom stereocenters. The maximum absolute atomic E-state index is 13.1. The second-order valence-electron chi connectivity index (χ2n) is 17.4.